The number of pyridine rings is 1. The molecule has 2 rings (SSSR count). The van der Waals surface area contributed by atoms with E-state index in [1.165, 1.54) is 5.56 Å². The number of rotatable bonds is 6. The largest absolute Gasteiger partial charge is 0.333 e. The van der Waals surface area contributed by atoms with Gasteiger partial charge in [0, 0.05) is 50.3 Å². The molecule has 0 bridgehead atoms. The Bertz CT molecular complexity index is 492. The molecule has 2 heterocycles. The van der Waals surface area contributed by atoms with Crippen molar-refractivity contribution in [2.45, 2.75) is 39.4 Å². The van der Waals surface area contributed by atoms with E-state index in [4.69, 9.17) is 0 Å². The quantitative estimate of drug-likeness (QED) is 0.797. The van der Waals surface area contributed by atoms with Crippen LogP contribution in [0.25, 0.3) is 0 Å². The summed E-state index contributed by atoms with van der Waals surface area (Å²) in [4.78, 5) is 10.9. The van der Waals surface area contributed by atoms with Gasteiger partial charge in [0.15, 0.2) is 0 Å². The van der Waals surface area contributed by atoms with Crippen molar-refractivity contribution in [3.05, 3.63) is 48.3 Å². The molecule has 0 radical (unpaired) electrons. The summed E-state index contributed by atoms with van der Waals surface area (Å²) in [6.45, 7) is 6.28. The van der Waals surface area contributed by atoms with Gasteiger partial charge in [-0.2, -0.15) is 0 Å². The zero-order valence-corrected chi connectivity index (χ0v) is 12.0. The van der Waals surface area contributed by atoms with E-state index in [1.54, 1.807) is 0 Å². The first-order valence-corrected chi connectivity index (χ1v) is 6.80. The van der Waals surface area contributed by atoms with E-state index in [-0.39, 0.29) is 0 Å². The molecule has 4 heteroatoms. The van der Waals surface area contributed by atoms with Crippen LogP contribution in [0, 0.1) is 0 Å². The maximum Gasteiger partial charge on any atom is 0.108 e. The minimum Gasteiger partial charge on any atom is -0.333 e. The molecule has 0 aliphatic carbocycles. The van der Waals surface area contributed by atoms with Crippen molar-refractivity contribution >= 4 is 0 Å². The van der Waals surface area contributed by atoms with Gasteiger partial charge in [0.05, 0.1) is 0 Å². The van der Waals surface area contributed by atoms with Crippen molar-refractivity contribution in [2.24, 2.45) is 0 Å². The second-order valence-electron chi connectivity index (χ2n) is 4.97. The Labute approximate surface area is 115 Å². The predicted molar refractivity (Wildman–Crippen MR) is 76.8 cm³/mol. The fourth-order valence-electron chi connectivity index (χ4n) is 2.18. The monoisotopic (exact) mass is 258 g/mol. The van der Waals surface area contributed by atoms with E-state index in [9.17, 15) is 0 Å². The molecule has 0 spiro atoms. The first kappa shape index (κ1) is 13.7. The number of hydrogen-bond donors (Lipinski definition) is 0. The molecule has 0 aromatic carbocycles. The minimum absolute atomic E-state index is 0.458. The Morgan fingerprint density at radius 3 is 2.89 bits per heavy atom. The number of hydrogen-bond acceptors (Lipinski definition) is 3. The molecule has 102 valence electrons. The second-order valence-corrected chi connectivity index (χ2v) is 4.97. The van der Waals surface area contributed by atoms with Gasteiger partial charge in [0.25, 0.3) is 0 Å². The number of aromatic nitrogens is 3. The molecule has 2 aromatic rings. The van der Waals surface area contributed by atoms with Gasteiger partial charge in [0.1, 0.15) is 5.82 Å². The highest BCUT2D eigenvalue weighted by molar-refractivity contribution is 5.08. The van der Waals surface area contributed by atoms with Crippen LogP contribution in [-0.2, 0) is 19.5 Å². The lowest BCUT2D eigenvalue weighted by atomic mass is 10.2. The van der Waals surface area contributed by atoms with Crippen molar-refractivity contribution in [1.82, 2.24) is 19.4 Å². The van der Waals surface area contributed by atoms with Crippen molar-refractivity contribution in [2.75, 3.05) is 7.05 Å². The molecular weight excluding hydrogens is 236 g/mol. The Morgan fingerprint density at radius 1 is 1.37 bits per heavy atom. The molecule has 4 nitrogen and oxygen atoms in total. The molecular formula is C15H22N4. The van der Waals surface area contributed by atoms with E-state index in [1.807, 2.05) is 24.7 Å². The van der Waals surface area contributed by atoms with Crippen LogP contribution in [0.3, 0.4) is 0 Å². The fourth-order valence-corrected chi connectivity index (χ4v) is 2.18. The summed E-state index contributed by atoms with van der Waals surface area (Å²) in [6.07, 6.45) is 8.66. The van der Waals surface area contributed by atoms with E-state index in [0.29, 0.717) is 6.04 Å². The lowest BCUT2D eigenvalue weighted by Gasteiger charge is -2.25. The van der Waals surface area contributed by atoms with Crippen LogP contribution >= 0.6 is 0 Å². The first-order valence-electron chi connectivity index (χ1n) is 6.80. The Hall–Kier alpha value is -1.68. The smallest absolute Gasteiger partial charge is 0.108 e. The Morgan fingerprint density at radius 2 is 2.21 bits per heavy atom. The van der Waals surface area contributed by atoms with Crippen LogP contribution in [-0.4, -0.2) is 32.5 Å². The summed E-state index contributed by atoms with van der Waals surface area (Å²) >= 11 is 0. The molecule has 0 amide bonds. The number of imidazole rings is 1. The summed E-state index contributed by atoms with van der Waals surface area (Å²) in [6, 6.07) is 4.56. The molecule has 0 fully saturated rings. The highest BCUT2D eigenvalue weighted by Gasteiger charge is 2.12. The van der Waals surface area contributed by atoms with Gasteiger partial charge in [-0.25, -0.2) is 4.98 Å². The topological polar surface area (TPSA) is 34.0 Å². The number of aryl methyl sites for hydroxylation is 1. The fraction of sp³-hybridized carbons (Fsp3) is 0.467. The van der Waals surface area contributed by atoms with Crippen LogP contribution in [0.2, 0.25) is 0 Å². The van der Waals surface area contributed by atoms with Crippen LogP contribution in [0.1, 0.15) is 25.2 Å². The molecule has 0 saturated heterocycles. The molecule has 1 atom stereocenters. The predicted octanol–water partition coefficient (Wildman–Crippen LogP) is 2.36. The van der Waals surface area contributed by atoms with Crippen LogP contribution in [0.5, 0.6) is 0 Å². The minimum atomic E-state index is 0.458. The summed E-state index contributed by atoms with van der Waals surface area (Å²) in [5, 5.41) is 0. The van der Waals surface area contributed by atoms with Crippen LogP contribution in [0.15, 0.2) is 36.9 Å². The van der Waals surface area contributed by atoms with Crippen molar-refractivity contribution in [3.8, 4) is 0 Å². The van der Waals surface area contributed by atoms with Gasteiger partial charge in [-0.05, 0) is 25.6 Å². The number of likely N-dealkylation sites (N-methyl/N-ethyl adjacent to an activating group) is 1. The summed E-state index contributed by atoms with van der Waals surface area (Å²) in [5.74, 6) is 1.15. The van der Waals surface area contributed by atoms with E-state index >= 15 is 0 Å². The molecule has 19 heavy (non-hydrogen) atoms. The normalized spacial score (nSPS) is 12.8. The maximum absolute atomic E-state index is 4.37. The van der Waals surface area contributed by atoms with Gasteiger partial charge in [-0.15, -0.1) is 0 Å². The van der Waals surface area contributed by atoms with Gasteiger partial charge < -0.3 is 4.57 Å². The molecule has 2 aromatic heterocycles. The highest BCUT2D eigenvalue weighted by Crippen LogP contribution is 2.08. The van der Waals surface area contributed by atoms with Gasteiger partial charge in [0.2, 0.25) is 0 Å². The van der Waals surface area contributed by atoms with Crippen molar-refractivity contribution in [1.29, 1.82) is 0 Å². The lowest BCUT2D eigenvalue weighted by molar-refractivity contribution is 0.225. The van der Waals surface area contributed by atoms with Crippen LogP contribution < -0.4 is 0 Å². The van der Waals surface area contributed by atoms with Gasteiger partial charge in [-0.3, -0.25) is 9.88 Å². The summed E-state index contributed by atoms with van der Waals surface area (Å²) in [7, 11) is 2.15. The molecule has 0 saturated carbocycles. The molecule has 0 N–H and O–H groups in total. The maximum atomic E-state index is 4.37. The second kappa shape index (κ2) is 6.48. The SMILES string of the molecule is CCc1nccn1CC(C)N(C)Cc1cccnc1. The zero-order valence-electron chi connectivity index (χ0n) is 12.0. The average Bonchev–Trinajstić information content (AvgIpc) is 2.87. The molecule has 1 unspecified atom stereocenters. The Kier molecular flexibility index (Phi) is 4.68. The summed E-state index contributed by atoms with van der Waals surface area (Å²) in [5.41, 5.74) is 1.25. The summed E-state index contributed by atoms with van der Waals surface area (Å²) < 4.78 is 2.24. The molecule has 0 aliphatic heterocycles. The lowest BCUT2D eigenvalue weighted by Crippen LogP contribution is -2.32. The third kappa shape index (κ3) is 3.64. The van der Waals surface area contributed by atoms with E-state index < -0.39 is 0 Å². The Balaban J connectivity index is 1.94. The van der Waals surface area contributed by atoms with E-state index in [0.717, 1.165) is 25.3 Å². The standard InChI is InChI=1S/C15H22N4/c1-4-15-17-8-9-19(15)11-13(2)18(3)12-14-6-5-7-16-10-14/h5-10,13H,4,11-12H2,1-3H3. The van der Waals surface area contributed by atoms with Gasteiger partial charge in [-0.1, -0.05) is 13.0 Å². The highest BCUT2D eigenvalue weighted by atomic mass is 15.2. The van der Waals surface area contributed by atoms with E-state index in [2.05, 4.69) is 52.6 Å². The zero-order chi connectivity index (χ0) is 13.7. The van der Waals surface area contributed by atoms with Crippen molar-refractivity contribution < 1.29 is 0 Å². The first-order chi connectivity index (χ1) is 9.20. The number of nitrogens with zero attached hydrogens (tertiary/aromatic N) is 4. The molecule has 0 aliphatic rings. The third-order valence-corrected chi connectivity index (χ3v) is 3.49. The van der Waals surface area contributed by atoms with Crippen molar-refractivity contribution in [3.63, 3.8) is 0 Å². The third-order valence-electron chi connectivity index (χ3n) is 3.49. The van der Waals surface area contributed by atoms with Crippen LogP contribution in [0.4, 0.5) is 0 Å². The van der Waals surface area contributed by atoms with Gasteiger partial charge >= 0.3 is 0 Å². The average molecular weight is 258 g/mol.